The Hall–Kier alpha value is -2.20. The van der Waals surface area contributed by atoms with Gasteiger partial charge in [-0.3, -0.25) is 9.79 Å². The second-order valence-corrected chi connectivity index (χ2v) is 8.64. The van der Waals surface area contributed by atoms with Crippen molar-refractivity contribution < 1.29 is 14.3 Å². The van der Waals surface area contributed by atoms with Crippen molar-refractivity contribution >= 4 is 34.6 Å². The van der Waals surface area contributed by atoms with E-state index >= 15 is 0 Å². The van der Waals surface area contributed by atoms with E-state index in [-0.39, 0.29) is 23.8 Å². The van der Waals surface area contributed by atoms with Crippen LogP contribution in [0.4, 0.5) is 0 Å². The Kier molecular flexibility index (Phi) is 7.43. The predicted octanol–water partition coefficient (Wildman–Crippen LogP) is 3.32. The third-order valence-electron chi connectivity index (χ3n) is 4.09. The number of hydrogen-bond donors (Lipinski definition) is 1. The standard InChI is InChI=1S/C19H25N5O3S2/c1-12(2)24-17(13(3)27-15-7-5-6-14(10-15)26-4)22-23-19(24)29-11-16(25)21-18-20-8-9-28-18/h5-7,10,12-13H,8-9,11H2,1-4H3,(H,20,21,25). The minimum Gasteiger partial charge on any atom is -0.497 e. The number of carbonyl (C=O) groups excluding carboxylic acids is 1. The Balaban J connectivity index is 1.67. The van der Waals surface area contributed by atoms with Crippen molar-refractivity contribution in [1.29, 1.82) is 0 Å². The van der Waals surface area contributed by atoms with Gasteiger partial charge in [0.1, 0.15) is 11.5 Å². The molecular formula is C19H25N5O3S2. The van der Waals surface area contributed by atoms with E-state index < -0.39 is 0 Å². The summed E-state index contributed by atoms with van der Waals surface area (Å²) in [5.41, 5.74) is 0. The van der Waals surface area contributed by atoms with Gasteiger partial charge in [-0.1, -0.05) is 29.6 Å². The number of nitrogens with zero attached hydrogens (tertiary/aromatic N) is 4. The number of carbonyl (C=O) groups is 1. The molecule has 8 nitrogen and oxygen atoms in total. The van der Waals surface area contributed by atoms with Crippen LogP contribution >= 0.6 is 23.5 Å². The van der Waals surface area contributed by atoms with Crippen LogP contribution in [0.15, 0.2) is 34.4 Å². The van der Waals surface area contributed by atoms with E-state index in [1.165, 1.54) is 11.8 Å². The molecule has 156 valence electrons. The normalized spacial score (nSPS) is 14.6. The predicted molar refractivity (Wildman–Crippen MR) is 116 cm³/mol. The van der Waals surface area contributed by atoms with Crippen molar-refractivity contribution in [3.05, 3.63) is 30.1 Å². The number of thioether (sulfide) groups is 2. The van der Waals surface area contributed by atoms with Crippen LogP contribution in [0.2, 0.25) is 0 Å². The van der Waals surface area contributed by atoms with Gasteiger partial charge in [0.25, 0.3) is 0 Å². The highest BCUT2D eigenvalue weighted by Crippen LogP contribution is 2.28. The molecule has 1 N–H and O–H groups in total. The highest BCUT2D eigenvalue weighted by molar-refractivity contribution is 8.14. The van der Waals surface area contributed by atoms with Crippen LogP contribution in [0.25, 0.3) is 0 Å². The summed E-state index contributed by atoms with van der Waals surface area (Å²) in [6.45, 7) is 6.79. The fraction of sp³-hybridized carbons (Fsp3) is 0.474. The topological polar surface area (TPSA) is 90.6 Å². The Labute approximate surface area is 178 Å². The van der Waals surface area contributed by atoms with Gasteiger partial charge in [-0.25, -0.2) is 0 Å². The van der Waals surface area contributed by atoms with Gasteiger partial charge in [-0.15, -0.1) is 10.2 Å². The first-order chi connectivity index (χ1) is 14.0. The molecule has 10 heteroatoms. The van der Waals surface area contributed by atoms with Crippen LogP contribution in [-0.4, -0.2) is 51.0 Å². The van der Waals surface area contributed by atoms with E-state index in [1.54, 1.807) is 18.9 Å². The first-order valence-corrected chi connectivity index (χ1v) is 11.3. The fourth-order valence-corrected chi connectivity index (χ4v) is 4.40. The van der Waals surface area contributed by atoms with E-state index in [2.05, 4.69) is 34.4 Å². The molecule has 2 aromatic rings. The summed E-state index contributed by atoms with van der Waals surface area (Å²) in [6, 6.07) is 7.57. The number of amides is 1. The largest absolute Gasteiger partial charge is 0.497 e. The van der Waals surface area contributed by atoms with Crippen LogP contribution in [0.1, 0.15) is 38.7 Å². The number of hydrogen-bond acceptors (Lipinski definition) is 8. The van der Waals surface area contributed by atoms with E-state index in [4.69, 9.17) is 9.47 Å². The lowest BCUT2D eigenvalue weighted by molar-refractivity contribution is -0.117. The van der Waals surface area contributed by atoms with Crippen molar-refractivity contribution in [3.8, 4) is 11.5 Å². The molecule has 1 atom stereocenters. The summed E-state index contributed by atoms with van der Waals surface area (Å²) in [7, 11) is 1.62. The minimum absolute atomic E-state index is 0.0938. The first kappa shape index (κ1) is 21.5. The van der Waals surface area contributed by atoms with Crippen molar-refractivity contribution in [1.82, 2.24) is 20.1 Å². The maximum atomic E-state index is 12.2. The van der Waals surface area contributed by atoms with Crippen LogP contribution in [0, 0.1) is 0 Å². The lowest BCUT2D eigenvalue weighted by Gasteiger charge is -2.19. The molecule has 1 amide bonds. The molecule has 1 aromatic heterocycles. The van der Waals surface area contributed by atoms with Crippen molar-refractivity contribution in [3.63, 3.8) is 0 Å². The van der Waals surface area contributed by atoms with Gasteiger partial charge in [0.15, 0.2) is 22.3 Å². The smallest absolute Gasteiger partial charge is 0.236 e. The summed E-state index contributed by atoms with van der Waals surface area (Å²) >= 11 is 2.92. The second-order valence-electron chi connectivity index (χ2n) is 6.62. The Morgan fingerprint density at radius 1 is 1.31 bits per heavy atom. The molecule has 1 aliphatic heterocycles. The van der Waals surface area contributed by atoms with E-state index in [1.807, 2.05) is 35.8 Å². The third kappa shape index (κ3) is 5.66. The summed E-state index contributed by atoms with van der Waals surface area (Å²) in [6.07, 6.45) is -0.315. The first-order valence-electron chi connectivity index (χ1n) is 9.33. The number of aliphatic imine (C=N–C) groups is 1. The molecule has 0 saturated carbocycles. The molecule has 1 unspecified atom stereocenters. The third-order valence-corrected chi connectivity index (χ3v) is 5.92. The van der Waals surface area contributed by atoms with Gasteiger partial charge < -0.3 is 19.4 Å². The zero-order valence-electron chi connectivity index (χ0n) is 16.9. The average molecular weight is 436 g/mol. The number of benzene rings is 1. The minimum atomic E-state index is -0.315. The van der Waals surface area contributed by atoms with Crippen LogP contribution in [-0.2, 0) is 4.79 Å². The molecule has 0 spiro atoms. The quantitative estimate of drug-likeness (QED) is 0.636. The molecule has 0 saturated heterocycles. The van der Waals surface area contributed by atoms with E-state index in [0.717, 1.165) is 18.0 Å². The van der Waals surface area contributed by atoms with Gasteiger partial charge in [-0.05, 0) is 32.9 Å². The average Bonchev–Trinajstić information content (AvgIpc) is 3.36. The number of methoxy groups -OCH3 is 1. The summed E-state index contributed by atoms with van der Waals surface area (Å²) in [5.74, 6) is 3.20. The maximum Gasteiger partial charge on any atom is 0.236 e. The van der Waals surface area contributed by atoms with Crippen molar-refractivity contribution in [2.24, 2.45) is 4.99 Å². The molecule has 0 radical (unpaired) electrons. The van der Waals surface area contributed by atoms with E-state index in [0.29, 0.717) is 21.9 Å². The lowest BCUT2D eigenvalue weighted by Crippen LogP contribution is -2.29. The molecule has 1 aromatic carbocycles. The van der Waals surface area contributed by atoms with Crippen LogP contribution in [0.3, 0.4) is 0 Å². The van der Waals surface area contributed by atoms with Gasteiger partial charge in [0.05, 0.1) is 19.4 Å². The zero-order chi connectivity index (χ0) is 20.8. The van der Waals surface area contributed by atoms with Crippen LogP contribution < -0.4 is 14.8 Å². The number of nitrogens with one attached hydrogen (secondary N) is 1. The van der Waals surface area contributed by atoms with Crippen LogP contribution in [0.5, 0.6) is 11.5 Å². The SMILES string of the molecule is COc1cccc(OC(C)c2nnc(SCC(=O)NC3=NCCS3)n2C(C)C)c1. The molecule has 3 rings (SSSR count). The van der Waals surface area contributed by atoms with E-state index in [9.17, 15) is 4.79 Å². The monoisotopic (exact) mass is 435 g/mol. The number of rotatable bonds is 8. The Morgan fingerprint density at radius 3 is 2.79 bits per heavy atom. The summed E-state index contributed by atoms with van der Waals surface area (Å²) < 4.78 is 13.3. The van der Waals surface area contributed by atoms with Gasteiger partial charge in [-0.2, -0.15) is 0 Å². The molecular weight excluding hydrogens is 410 g/mol. The summed E-state index contributed by atoms with van der Waals surface area (Å²) in [5, 5.41) is 12.8. The molecule has 29 heavy (non-hydrogen) atoms. The molecule has 1 aliphatic rings. The molecule has 0 aliphatic carbocycles. The Morgan fingerprint density at radius 2 is 2.10 bits per heavy atom. The van der Waals surface area contributed by atoms with Gasteiger partial charge in [0.2, 0.25) is 5.91 Å². The highest BCUT2D eigenvalue weighted by atomic mass is 32.2. The zero-order valence-corrected chi connectivity index (χ0v) is 18.5. The number of aromatic nitrogens is 3. The molecule has 0 fully saturated rings. The second kappa shape index (κ2) is 10.0. The summed E-state index contributed by atoms with van der Waals surface area (Å²) in [4.78, 5) is 16.4. The number of ether oxygens (including phenoxy) is 2. The molecule has 0 bridgehead atoms. The maximum absolute atomic E-state index is 12.2. The van der Waals surface area contributed by atoms with Gasteiger partial charge >= 0.3 is 0 Å². The van der Waals surface area contributed by atoms with Crippen molar-refractivity contribution in [2.45, 2.75) is 38.1 Å². The molecule has 2 heterocycles. The Bertz CT molecular complexity index is 884. The highest BCUT2D eigenvalue weighted by Gasteiger charge is 2.22. The lowest BCUT2D eigenvalue weighted by atomic mass is 10.3. The van der Waals surface area contributed by atoms with Crippen molar-refractivity contribution in [2.75, 3.05) is 25.2 Å². The van der Waals surface area contributed by atoms with Gasteiger partial charge in [0, 0.05) is 17.9 Å². The fourth-order valence-electron chi connectivity index (χ4n) is 2.78. The number of amidine groups is 1.